The lowest BCUT2D eigenvalue weighted by Gasteiger charge is -2.10. The Morgan fingerprint density at radius 2 is 1.96 bits per heavy atom. The summed E-state index contributed by atoms with van der Waals surface area (Å²) in [5, 5.41) is 12.2. The summed E-state index contributed by atoms with van der Waals surface area (Å²) in [6, 6.07) is 10.7. The smallest absolute Gasteiger partial charge is 0.262 e. The Labute approximate surface area is 170 Å². The molecule has 0 atom stereocenters. The van der Waals surface area contributed by atoms with E-state index < -0.39 is 5.91 Å². The van der Waals surface area contributed by atoms with Crippen LogP contribution in [0.5, 0.6) is 23.0 Å². The first-order chi connectivity index (χ1) is 13.5. The molecule has 0 saturated heterocycles. The molecule has 144 valence electrons. The number of halogens is 1. The molecule has 0 bridgehead atoms. The van der Waals surface area contributed by atoms with Gasteiger partial charge in [0.1, 0.15) is 23.1 Å². The fraction of sp³-hybridized carbons (Fsp3) is 0.200. The third kappa shape index (κ3) is 4.21. The van der Waals surface area contributed by atoms with Gasteiger partial charge >= 0.3 is 0 Å². The number of ether oxygens (including phenoxy) is 4. The summed E-state index contributed by atoms with van der Waals surface area (Å²) in [5.41, 5.74) is 1.36. The predicted molar refractivity (Wildman–Crippen MR) is 105 cm³/mol. The van der Waals surface area contributed by atoms with Crippen molar-refractivity contribution in [2.24, 2.45) is 0 Å². The second-order valence-electron chi connectivity index (χ2n) is 5.77. The second-order valence-corrected chi connectivity index (χ2v) is 6.62. The van der Waals surface area contributed by atoms with Crippen molar-refractivity contribution in [3.05, 3.63) is 51.5 Å². The topological polar surface area (TPSA) is 89.8 Å². The number of carbonyl (C=O) groups excluding carboxylic acids is 1. The fourth-order valence-electron chi connectivity index (χ4n) is 2.63. The Bertz CT molecular complexity index is 981. The molecule has 7 nitrogen and oxygen atoms in total. The molecule has 0 saturated carbocycles. The van der Waals surface area contributed by atoms with Gasteiger partial charge in [0.2, 0.25) is 6.79 Å². The summed E-state index contributed by atoms with van der Waals surface area (Å²) in [6.07, 6.45) is 1.47. The van der Waals surface area contributed by atoms with E-state index in [1.54, 1.807) is 31.4 Å². The number of hydrogen-bond acceptors (Lipinski definition) is 6. The molecule has 0 fully saturated rings. The number of hydrogen-bond donors (Lipinski definition) is 1. The molecule has 1 N–H and O–H groups in total. The summed E-state index contributed by atoms with van der Waals surface area (Å²) in [4.78, 5) is 12.5. The first-order valence-electron chi connectivity index (χ1n) is 8.25. The van der Waals surface area contributed by atoms with E-state index in [1.165, 1.54) is 13.2 Å². The van der Waals surface area contributed by atoms with Crippen LogP contribution >= 0.6 is 15.9 Å². The third-order valence-electron chi connectivity index (χ3n) is 4.06. The molecule has 0 spiro atoms. The van der Waals surface area contributed by atoms with Crippen molar-refractivity contribution in [2.75, 3.05) is 21.0 Å². The molecule has 0 unspecified atom stereocenters. The van der Waals surface area contributed by atoms with Crippen LogP contribution in [0.15, 0.2) is 40.4 Å². The molecule has 1 amide bonds. The first-order valence-corrected chi connectivity index (χ1v) is 9.05. The summed E-state index contributed by atoms with van der Waals surface area (Å²) < 4.78 is 21.8. The van der Waals surface area contributed by atoms with E-state index >= 15 is 0 Å². The molecule has 1 aliphatic rings. The fourth-order valence-corrected chi connectivity index (χ4v) is 3.15. The van der Waals surface area contributed by atoms with E-state index in [0.717, 1.165) is 5.56 Å². The number of carbonyl (C=O) groups is 1. The highest BCUT2D eigenvalue weighted by Crippen LogP contribution is 2.34. The van der Waals surface area contributed by atoms with Crippen LogP contribution in [-0.2, 0) is 11.3 Å². The lowest BCUT2D eigenvalue weighted by Crippen LogP contribution is -2.23. The third-order valence-corrected chi connectivity index (χ3v) is 4.68. The number of rotatable bonds is 6. The van der Waals surface area contributed by atoms with Crippen LogP contribution in [0.4, 0.5) is 0 Å². The van der Waals surface area contributed by atoms with Crippen LogP contribution in [0.1, 0.15) is 11.1 Å². The zero-order chi connectivity index (χ0) is 20.1. The van der Waals surface area contributed by atoms with Crippen LogP contribution in [0.2, 0.25) is 0 Å². The summed E-state index contributed by atoms with van der Waals surface area (Å²) in [5.74, 6) is 1.88. The largest absolute Gasteiger partial charge is 0.496 e. The molecule has 1 heterocycles. The minimum absolute atomic E-state index is 0.0453. The van der Waals surface area contributed by atoms with Crippen LogP contribution in [0.3, 0.4) is 0 Å². The molecule has 1 aliphatic heterocycles. The number of benzene rings is 2. The maximum atomic E-state index is 12.5. The maximum absolute atomic E-state index is 12.5. The highest BCUT2D eigenvalue weighted by molar-refractivity contribution is 9.10. The van der Waals surface area contributed by atoms with E-state index in [0.29, 0.717) is 33.0 Å². The minimum atomic E-state index is -0.492. The maximum Gasteiger partial charge on any atom is 0.262 e. The first kappa shape index (κ1) is 19.6. The van der Waals surface area contributed by atoms with Gasteiger partial charge in [0.15, 0.2) is 11.5 Å². The molecule has 3 rings (SSSR count). The van der Waals surface area contributed by atoms with Crippen LogP contribution in [0, 0.1) is 11.3 Å². The van der Waals surface area contributed by atoms with E-state index in [-0.39, 0.29) is 18.9 Å². The zero-order valence-electron chi connectivity index (χ0n) is 15.2. The van der Waals surface area contributed by atoms with E-state index in [1.807, 2.05) is 12.1 Å². The summed E-state index contributed by atoms with van der Waals surface area (Å²) in [7, 11) is 3.05. The number of amides is 1. The van der Waals surface area contributed by atoms with Gasteiger partial charge in [-0.3, -0.25) is 4.79 Å². The Morgan fingerprint density at radius 3 is 2.68 bits per heavy atom. The quantitative estimate of drug-likeness (QED) is 0.542. The van der Waals surface area contributed by atoms with Crippen molar-refractivity contribution in [2.45, 2.75) is 6.54 Å². The van der Waals surface area contributed by atoms with E-state index in [2.05, 4.69) is 21.2 Å². The van der Waals surface area contributed by atoms with Crippen molar-refractivity contribution in [1.29, 1.82) is 5.26 Å². The van der Waals surface area contributed by atoms with Gasteiger partial charge in [-0.2, -0.15) is 5.26 Å². The predicted octanol–water partition coefficient (Wildman–Crippen LogP) is 3.42. The molecule has 2 aromatic carbocycles. The molecular formula is C20H17BrN2O5. The number of nitrogens with one attached hydrogen (secondary N) is 1. The Morgan fingerprint density at radius 1 is 1.21 bits per heavy atom. The molecule has 0 aliphatic carbocycles. The monoisotopic (exact) mass is 444 g/mol. The van der Waals surface area contributed by atoms with Gasteiger partial charge in [0.25, 0.3) is 5.91 Å². The van der Waals surface area contributed by atoms with Crippen LogP contribution in [0.25, 0.3) is 6.08 Å². The highest BCUT2D eigenvalue weighted by atomic mass is 79.9. The lowest BCUT2D eigenvalue weighted by molar-refractivity contribution is -0.117. The van der Waals surface area contributed by atoms with Crippen LogP contribution < -0.4 is 24.3 Å². The number of methoxy groups -OCH3 is 2. The van der Waals surface area contributed by atoms with Crippen molar-refractivity contribution >= 4 is 27.9 Å². The lowest BCUT2D eigenvalue weighted by atomic mass is 10.1. The van der Waals surface area contributed by atoms with Gasteiger partial charge in [-0.1, -0.05) is 6.07 Å². The molecular weight excluding hydrogens is 428 g/mol. The molecule has 28 heavy (non-hydrogen) atoms. The number of nitriles is 1. The van der Waals surface area contributed by atoms with Crippen molar-refractivity contribution < 1.29 is 23.7 Å². The van der Waals surface area contributed by atoms with E-state index in [9.17, 15) is 10.1 Å². The van der Waals surface area contributed by atoms with E-state index in [4.69, 9.17) is 18.9 Å². The molecule has 0 radical (unpaired) electrons. The average Bonchev–Trinajstić information content (AvgIpc) is 3.18. The summed E-state index contributed by atoms with van der Waals surface area (Å²) in [6.45, 7) is 0.434. The van der Waals surface area contributed by atoms with Gasteiger partial charge in [-0.15, -0.1) is 0 Å². The Balaban J connectivity index is 1.76. The van der Waals surface area contributed by atoms with Gasteiger partial charge in [-0.05, 0) is 45.8 Å². The van der Waals surface area contributed by atoms with Gasteiger partial charge in [-0.25, -0.2) is 0 Å². The number of fused-ring (bicyclic) bond motifs is 1. The zero-order valence-corrected chi connectivity index (χ0v) is 16.8. The Kier molecular flexibility index (Phi) is 6.06. The normalized spacial score (nSPS) is 12.3. The standard InChI is InChI=1S/C20H17BrN2O5/c1-25-17-8-18(26-2)15(21)7-13(17)6-14(9-22)20(24)23-10-12-3-4-16-19(5-12)28-11-27-16/h3-8H,10-11H2,1-2H3,(H,23,24)/b14-6+. The highest BCUT2D eigenvalue weighted by Gasteiger charge is 2.15. The number of nitrogens with zero attached hydrogens (tertiary/aromatic N) is 1. The van der Waals surface area contributed by atoms with Crippen molar-refractivity contribution in [3.63, 3.8) is 0 Å². The van der Waals surface area contributed by atoms with Gasteiger partial charge in [0.05, 0.1) is 18.7 Å². The average molecular weight is 445 g/mol. The molecule has 2 aromatic rings. The SMILES string of the molecule is COc1cc(OC)c(/C=C(\C#N)C(=O)NCc2ccc3c(c2)OCO3)cc1Br. The van der Waals surface area contributed by atoms with Gasteiger partial charge < -0.3 is 24.3 Å². The van der Waals surface area contributed by atoms with Crippen molar-refractivity contribution in [1.82, 2.24) is 5.32 Å². The second kappa shape index (κ2) is 8.67. The summed E-state index contributed by atoms with van der Waals surface area (Å²) >= 11 is 3.39. The Hall–Kier alpha value is -3.18. The van der Waals surface area contributed by atoms with Crippen LogP contribution in [-0.4, -0.2) is 26.9 Å². The minimum Gasteiger partial charge on any atom is -0.496 e. The van der Waals surface area contributed by atoms with Gasteiger partial charge in [0, 0.05) is 18.2 Å². The molecule has 8 heteroatoms. The molecule has 0 aromatic heterocycles. The van der Waals surface area contributed by atoms with Crippen molar-refractivity contribution in [3.8, 4) is 29.1 Å².